The van der Waals surface area contributed by atoms with Crippen molar-refractivity contribution in [1.29, 1.82) is 0 Å². The lowest BCUT2D eigenvalue weighted by Gasteiger charge is -2.34. The van der Waals surface area contributed by atoms with E-state index in [9.17, 15) is 4.79 Å². The SMILES string of the molecule is CCCCC[C@@H]1CC[C@@H](C)[C@H](/C=C/C(=O)OCC)N1. The summed E-state index contributed by atoms with van der Waals surface area (Å²) in [6.45, 7) is 6.75. The van der Waals surface area contributed by atoms with Crippen molar-refractivity contribution in [3.8, 4) is 0 Å². The van der Waals surface area contributed by atoms with E-state index in [0.29, 0.717) is 24.6 Å². The summed E-state index contributed by atoms with van der Waals surface area (Å²) in [7, 11) is 0. The molecule has 0 bridgehead atoms. The van der Waals surface area contributed by atoms with E-state index >= 15 is 0 Å². The fourth-order valence-electron chi connectivity index (χ4n) is 2.65. The van der Waals surface area contributed by atoms with Crippen LogP contribution in [0, 0.1) is 5.92 Å². The van der Waals surface area contributed by atoms with Gasteiger partial charge in [-0.25, -0.2) is 4.79 Å². The van der Waals surface area contributed by atoms with Crippen LogP contribution in [0.25, 0.3) is 0 Å². The highest BCUT2D eigenvalue weighted by Crippen LogP contribution is 2.23. The molecule has 1 rings (SSSR count). The Morgan fingerprint density at radius 1 is 1.32 bits per heavy atom. The van der Waals surface area contributed by atoms with Crippen LogP contribution in [0.5, 0.6) is 0 Å². The average molecular weight is 267 g/mol. The number of ether oxygens (including phenoxy) is 1. The zero-order chi connectivity index (χ0) is 14.1. The molecule has 19 heavy (non-hydrogen) atoms. The Labute approximate surface area is 117 Å². The van der Waals surface area contributed by atoms with Crippen LogP contribution in [0.4, 0.5) is 0 Å². The molecule has 1 aliphatic heterocycles. The predicted octanol–water partition coefficient (Wildman–Crippen LogP) is 3.44. The molecule has 3 nitrogen and oxygen atoms in total. The van der Waals surface area contributed by atoms with Crippen LogP contribution in [0.2, 0.25) is 0 Å². The molecule has 110 valence electrons. The Hall–Kier alpha value is -0.830. The van der Waals surface area contributed by atoms with Crippen molar-refractivity contribution in [3.63, 3.8) is 0 Å². The Morgan fingerprint density at radius 3 is 2.79 bits per heavy atom. The molecule has 1 N–H and O–H groups in total. The Bertz CT molecular complexity index is 288. The van der Waals surface area contributed by atoms with E-state index in [1.165, 1.54) is 38.5 Å². The van der Waals surface area contributed by atoms with Gasteiger partial charge in [0.2, 0.25) is 0 Å². The van der Waals surface area contributed by atoms with Crippen LogP contribution < -0.4 is 5.32 Å². The van der Waals surface area contributed by atoms with Gasteiger partial charge in [-0.15, -0.1) is 0 Å². The third-order valence-corrected chi connectivity index (χ3v) is 3.89. The number of unbranched alkanes of at least 4 members (excludes halogenated alkanes) is 2. The first kappa shape index (κ1) is 16.2. The van der Waals surface area contributed by atoms with Crippen molar-refractivity contribution < 1.29 is 9.53 Å². The second-order valence-electron chi connectivity index (χ2n) is 5.55. The lowest BCUT2D eigenvalue weighted by molar-refractivity contribution is -0.137. The van der Waals surface area contributed by atoms with Gasteiger partial charge in [-0.1, -0.05) is 39.2 Å². The molecule has 1 saturated heterocycles. The van der Waals surface area contributed by atoms with Gasteiger partial charge in [-0.2, -0.15) is 0 Å². The van der Waals surface area contributed by atoms with Crippen LogP contribution in [0.1, 0.15) is 59.3 Å². The second-order valence-corrected chi connectivity index (χ2v) is 5.55. The molecule has 1 aliphatic rings. The first-order chi connectivity index (χ1) is 9.17. The molecule has 0 aromatic carbocycles. The summed E-state index contributed by atoms with van der Waals surface area (Å²) in [6.07, 6.45) is 11.2. The van der Waals surface area contributed by atoms with Gasteiger partial charge in [-0.3, -0.25) is 0 Å². The number of hydrogen-bond acceptors (Lipinski definition) is 3. The maximum absolute atomic E-state index is 11.3. The first-order valence-corrected chi connectivity index (χ1v) is 7.78. The molecule has 0 radical (unpaired) electrons. The van der Waals surface area contributed by atoms with E-state index in [4.69, 9.17) is 4.74 Å². The highest BCUT2D eigenvalue weighted by Gasteiger charge is 2.24. The summed E-state index contributed by atoms with van der Waals surface area (Å²) in [6, 6.07) is 0.921. The van der Waals surface area contributed by atoms with Gasteiger partial charge < -0.3 is 10.1 Å². The van der Waals surface area contributed by atoms with Gasteiger partial charge in [0.1, 0.15) is 0 Å². The van der Waals surface area contributed by atoms with Crippen LogP contribution in [0.3, 0.4) is 0 Å². The van der Waals surface area contributed by atoms with Crippen LogP contribution in [0.15, 0.2) is 12.2 Å². The first-order valence-electron chi connectivity index (χ1n) is 7.78. The Kier molecular flexibility index (Phi) is 7.80. The second kappa shape index (κ2) is 9.13. The van der Waals surface area contributed by atoms with Gasteiger partial charge >= 0.3 is 5.97 Å². The molecular weight excluding hydrogens is 238 g/mol. The van der Waals surface area contributed by atoms with Crippen LogP contribution in [-0.4, -0.2) is 24.7 Å². The quantitative estimate of drug-likeness (QED) is 0.436. The highest BCUT2D eigenvalue weighted by molar-refractivity contribution is 5.81. The molecular formula is C16H29NO2. The number of hydrogen-bond donors (Lipinski definition) is 1. The van der Waals surface area contributed by atoms with Crippen molar-refractivity contribution in [2.24, 2.45) is 5.92 Å². The summed E-state index contributed by atoms with van der Waals surface area (Å²) < 4.78 is 4.92. The normalized spacial score (nSPS) is 27.6. The van der Waals surface area contributed by atoms with Crippen molar-refractivity contribution >= 4 is 5.97 Å². The smallest absolute Gasteiger partial charge is 0.330 e. The minimum absolute atomic E-state index is 0.232. The molecule has 0 saturated carbocycles. The highest BCUT2D eigenvalue weighted by atomic mass is 16.5. The number of esters is 1. The lowest BCUT2D eigenvalue weighted by Crippen LogP contribution is -2.45. The zero-order valence-corrected chi connectivity index (χ0v) is 12.7. The summed E-state index contributed by atoms with van der Waals surface area (Å²) in [5, 5.41) is 3.66. The molecule has 0 aromatic heterocycles. The molecule has 0 aliphatic carbocycles. The molecule has 3 heteroatoms. The molecule has 1 fully saturated rings. The maximum Gasteiger partial charge on any atom is 0.330 e. The zero-order valence-electron chi connectivity index (χ0n) is 12.7. The lowest BCUT2D eigenvalue weighted by atomic mass is 9.87. The minimum Gasteiger partial charge on any atom is -0.463 e. The summed E-state index contributed by atoms with van der Waals surface area (Å²) in [5.41, 5.74) is 0. The number of carbonyl (C=O) groups excluding carboxylic acids is 1. The number of nitrogens with one attached hydrogen (secondary N) is 1. The maximum atomic E-state index is 11.3. The third kappa shape index (κ3) is 6.24. The number of piperidine rings is 1. The number of rotatable bonds is 7. The van der Waals surface area contributed by atoms with Crippen molar-refractivity contribution in [2.75, 3.05) is 6.61 Å². The third-order valence-electron chi connectivity index (χ3n) is 3.89. The molecule has 0 amide bonds. The summed E-state index contributed by atoms with van der Waals surface area (Å²) in [5.74, 6) is 0.359. The van der Waals surface area contributed by atoms with Crippen molar-refractivity contribution in [3.05, 3.63) is 12.2 Å². The van der Waals surface area contributed by atoms with Gasteiger partial charge in [0.15, 0.2) is 0 Å². The summed E-state index contributed by atoms with van der Waals surface area (Å²) in [4.78, 5) is 11.3. The van der Waals surface area contributed by atoms with Gasteiger partial charge in [-0.05, 0) is 32.1 Å². The predicted molar refractivity (Wildman–Crippen MR) is 79.0 cm³/mol. The van der Waals surface area contributed by atoms with E-state index in [0.717, 1.165) is 0 Å². The monoisotopic (exact) mass is 267 g/mol. The van der Waals surface area contributed by atoms with Gasteiger partial charge in [0.25, 0.3) is 0 Å². The largest absolute Gasteiger partial charge is 0.463 e. The van der Waals surface area contributed by atoms with E-state index in [-0.39, 0.29) is 5.97 Å². The fraction of sp³-hybridized carbons (Fsp3) is 0.812. The fourth-order valence-corrected chi connectivity index (χ4v) is 2.65. The van der Waals surface area contributed by atoms with E-state index in [2.05, 4.69) is 19.2 Å². The van der Waals surface area contributed by atoms with E-state index in [1.807, 2.05) is 13.0 Å². The Morgan fingerprint density at radius 2 is 2.11 bits per heavy atom. The van der Waals surface area contributed by atoms with Crippen LogP contribution >= 0.6 is 0 Å². The molecule has 0 aromatic rings. The summed E-state index contributed by atoms with van der Waals surface area (Å²) >= 11 is 0. The Balaban J connectivity index is 2.40. The molecule has 0 unspecified atom stereocenters. The number of carbonyl (C=O) groups is 1. The minimum atomic E-state index is -0.232. The van der Waals surface area contributed by atoms with Crippen LogP contribution in [-0.2, 0) is 9.53 Å². The average Bonchev–Trinajstić information content (AvgIpc) is 2.40. The molecule has 3 atom stereocenters. The van der Waals surface area contributed by atoms with Crippen molar-refractivity contribution in [2.45, 2.75) is 71.4 Å². The standard InChI is InChI=1S/C16H29NO2/c1-4-6-7-8-14-10-9-13(3)15(17-14)11-12-16(18)19-5-2/h11-15,17H,4-10H2,1-3H3/b12-11+/t13-,14-,15+/m1/s1. The molecule has 0 spiro atoms. The van der Waals surface area contributed by atoms with Gasteiger partial charge in [0.05, 0.1) is 6.61 Å². The topological polar surface area (TPSA) is 38.3 Å². The van der Waals surface area contributed by atoms with Gasteiger partial charge in [0, 0.05) is 18.2 Å². The molecule has 1 heterocycles. The van der Waals surface area contributed by atoms with Crippen molar-refractivity contribution in [1.82, 2.24) is 5.32 Å². The van der Waals surface area contributed by atoms with E-state index in [1.54, 1.807) is 6.08 Å². The van der Waals surface area contributed by atoms with E-state index < -0.39 is 0 Å².